The molecule has 0 aliphatic carbocycles. The summed E-state index contributed by atoms with van der Waals surface area (Å²) in [6.07, 6.45) is 4.41. The van der Waals surface area contributed by atoms with Crippen molar-refractivity contribution < 1.29 is 14.2 Å². The Bertz CT molecular complexity index is 1050. The SMILES string of the molecule is COc1cc(OCc2cccc(-c3ccccc3)c2C)cc(OC)c1CCCNC1CCCNC1. The predicted molar refractivity (Wildman–Crippen MR) is 143 cm³/mol. The Morgan fingerprint density at radius 3 is 2.43 bits per heavy atom. The van der Waals surface area contributed by atoms with Crippen molar-refractivity contribution in [3.05, 3.63) is 77.4 Å². The van der Waals surface area contributed by atoms with Crippen LogP contribution in [0.1, 0.15) is 36.0 Å². The molecule has 0 saturated carbocycles. The summed E-state index contributed by atoms with van der Waals surface area (Å²) in [7, 11) is 3.42. The van der Waals surface area contributed by atoms with Crippen LogP contribution in [0.15, 0.2) is 60.7 Å². The van der Waals surface area contributed by atoms with Gasteiger partial charge in [0.1, 0.15) is 23.9 Å². The molecule has 0 bridgehead atoms. The molecule has 1 fully saturated rings. The Morgan fingerprint density at radius 1 is 0.971 bits per heavy atom. The lowest BCUT2D eigenvalue weighted by atomic mass is 9.97. The third-order valence-corrected chi connectivity index (χ3v) is 6.84. The molecule has 0 spiro atoms. The minimum absolute atomic E-state index is 0.484. The molecule has 35 heavy (non-hydrogen) atoms. The van der Waals surface area contributed by atoms with Gasteiger partial charge < -0.3 is 24.8 Å². The number of hydrogen-bond acceptors (Lipinski definition) is 5. The lowest BCUT2D eigenvalue weighted by Crippen LogP contribution is -2.43. The second-order valence-corrected chi connectivity index (χ2v) is 9.15. The van der Waals surface area contributed by atoms with Crippen molar-refractivity contribution >= 4 is 0 Å². The number of nitrogens with one attached hydrogen (secondary N) is 2. The van der Waals surface area contributed by atoms with Gasteiger partial charge in [0, 0.05) is 30.3 Å². The van der Waals surface area contributed by atoms with E-state index < -0.39 is 0 Å². The molecular formula is C30H38N2O3. The number of methoxy groups -OCH3 is 2. The van der Waals surface area contributed by atoms with Crippen LogP contribution in [0.3, 0.4) is 0 Å². The standard InChI is InChI=1S/C30H38N2O3/c1-22-24(12-7-14-27(22)23-10-5-4-6-11-23)21-35-26-18-29(33-2)28(30(19-26)34-3)15-9-17-32-25-13-8-16-31-20-25/h4-7,10-12,14,18-19,25,31-32H,8-9,13,15-17,20-21H2,1-3H3. The molecule has 4 rings (SSSR count). The molecule has 1 saturated heterocycles. The van der Waals surface area contributed by atoms with Gasteiger partial charge in [-0.1, -0.05) is 48.5 Å². The lowest BCUT2D eigenvalue weighted by Gasteiger charge is -2.24. The maximum atomic E-state index is 6.23. The molecular weight excluding hydrogens is 436 g/mol. The highest BCUT2D eigenvalue weighted by Crippen LogP contribution is 2.35. The Hall–Kier alpha value is -3.02. The third kappa shape index (κ3) is 6.56. The van der Waals surface area contributed by atoms with Crippen LogP contribution in [0.25, 0.3) is 11.1 Å². The first kappa shape index (κ1) is 25.1. The first-order chi connectivity index (χ1) is 17.2. The van der Waals surface area contributed by atoms with Gasteiger partial charge in [-0.15, -0.1) is 0 Å². The fourth-order valence-corrected chi connectivity index (χ4v) is 4.82. The van der Waals surface area contributed by atoms with Crippen molar-refractivity contribution in [2.24, 2.45) is 0 Å². The number of benzene rings is 3. The number of ether oxygens (including phenoxy) is 3. The molecule has 1 heterocycles. The summed E-state index contributed by atoms with van der Waals surface area (Å²) >= 11 is 0. The summed E-state index contributed by atoms with van der Waals surface area (Å²) in [5.74, 6) is 2.38. The molecule has 1 atom stereocenters. The normalized spacial score (nSPS) is 15.6. The van der Waals surface area contributed by atoms with E-state index in [-0.39, 0.29) is 0 Å². The Labute approximate surface area is 209 Å². The van der Waals surface area contributed by atoms with Gasteiger partial charge in [-0.25, -0.2) is 0 Å². The van der Waals surface area contributed by atoms with Gasteiger partial charge in [-0.3, -0.25) is 0 Å². The van der Waals surface area contributed by atoms with E-state index in [9.17, 15) is 0 Å². The van der Waals surface area contributed by atoms with Gasteiger partial charge in [0.25, 0.3) is 0 Å². The van der Waals surface area contributed by atoms with E-state index in [2.05, 4.69) is 60.0 Å². The second kappa shape index (κ2) is 12.6. The number of rotatable bonds is 11. The van der Waals surface area contributed by atoms with Gasteiger partial charge in [0.15, 0.2) is 0 Å². The fraction of sp³-hybridized carbons (Fsp3) is 0.400. The highest BCUT2D eigenvalue weighted by molar-refractivity contribution is 5.68. The Morgan fingerprint density at radius 2 is 1.74 bits per heavy atom. The second-order valence-electron chi connectivity index (χ2n) is 9.15. The molecule has 1 aliphatic heterocycles. The van der Waals surface area contributed by atoms with Gasteiger partial charge in [-0.2, -0.15) is 0 Å². The molecule has 1 aliphatic rings. The zero-order valence-corrected chi connectivity index (χ0v) is 21.2. The molecule has 5 nitrogen and oxygen atoms in total. The summed E-state index contributed by atoms with van der Waals surface area (Å²) < 4.78 is 17.7. The molecule has 0 aromatic heterocycles. The molecule has 186 valence electrons. The fourth-order valence-electron chi connectivity index (χ4n) is 4.82. The van der Waals surface area contributed by atoms with E-state index >= 15 is 0 Å². The van der Waals surface area contributed by atoms with Crippen LogP contribution in [0, 0.1) is 6.92 Å². The van der Waals surface area contributed by atoms with Crippen molar-refractivity contribution in [1.29, 1.82) is 0 Å². The van der Waals surface area contributed by atoms with Crippen LogP contribution < -0.4 is 24.8 Å². The Balaban J connectivity index is 1.41. The summed E-state index contributed by atoms with van der Waals surface area (Å²) in [5, 5.41) is 7.13. The predicted octanol–water partition coefficient (Wildman–Crippen LogP) is 5.53. The summed E-state index contributed by atoms with van der Waals surface area (Å²) in [6, 6.07) is 21.4. The smallest absolute Gasteiger partial charge is 0.129 e. The van der Waals surface area contributed by atoms with E-state index in [4.69, 9.17) is 14.2 Å². The molecule has 0 amide bonds. The molecule has 3 aromatic rings. The van der Waals surface area contributed by atoms with Gasteiger partial charge in [0.2, 0.25) is 0 Å². The Kier molecular flexibility index (Phi) is 9.04. The maximum Gasteiger partial charge on any atom is 0.129 e. The first-order valence-corrected chi connectivity index (χ1v) is 12.6. The van der Waals surface area contributed by atoms with Gasteiger partial charge in [0.05, 0.1) is 14.2 Å². The van der Waals surface area contributed by atoms with Crippen LogP contribution in [-0.2, 0) is 13.0 Å². The third-order valence-electron chi connectivity index (χ3n) is 6.84. The van der Waals surface area contributed by atoms with Crippen molar-refractivity contribution in [3.8, 4) is 28.4 Å². The van der Waals surface area contributed by atoms with Crippen LogP contribution in [-0.4, -0.2) is 39.9 Å². The molecule has 3 aromatic carbocycles. The van der Waals surface area contributed by atoms with Crippen LogP contribution in [0.4, 0.5) is 0 Å². The molecule has 0 radical (unpaired) electrons. The monoisotopic (exact) mass is 474 g/mol. The maximum absolute atomic E-state index is 6.23. The van der Waals surface area contributed by atoms with Crippen molar-refractivity contribution in [1.82, 2.24) is 10.6 Å². The number of hydrogen-bond donors (Lipinski definition) is 2. The molecule has 2 N–H and O–H groups in total. The van der Waals surface area contributed by atoms with Crippen LogP contribution in [0.5, 0.6) is 17.2 Å². The minimum Gasteiger partial charge on any atom is -0.496 e. The lowest BCUT2D eigenvalue weighted by molar-refractivity contribution is 0.299. The van der Waals surface area contributed by atoms with Crippen molar-refractivity contribution in [2.45, 2.75) is 45.3 Å². The summed E-state index contributed by atoms with van der Waals surface area (Å²) in [4.78, 5) is 0. The van der Waals surface area contributed by atoms with Crippen molar-refractivity contribution in [2.75, 3.05) is 33.9 Å². The van der Waals surface area contributed by atoms with Gasteiger partial charge >= 0.3 is 0 Å². The zero-order chi connectivity index (χ0) is 24.5. The number of piperidine rings is 1. The average molecular weight is 475 g/mol. The van der Waals surface area contributed by atoms with E-state index in [1.54, 1.807) is 14.2 Å². The van der Waals surface area contributed by atoms with Gasteiger partial charge in [-0.05, 0) is 68.0 Å². The highest BCUT2D eigenvalue weighted by Gasteiger charge is 2.16. The van der Waals surface area contributed by atoms with Crippen LogP contribution in [0.2, 0.25) is 0 Å². The molecule has 5 heteroatoms. The average Bonchev–Trinajstić information content (AvgIpc) is 2.91. The largest absolute Gasteiger partial charge is 0.496 e. The van der Waals surface area contributed by atoms with E-state index in [0.717, 1.165) is 60.9 Å². The first-order valence-electron chi connectivity index (χ1n) is 12.6. The summed E-state index contributed by atoms with van der Waals surface area (Å²) in [6.45, 7) is 5.82. The summed E-state index contributed by atoms with van der Waals surface area (Å²) in [5.41, 5.74) is 5.93. The minimum atomic E-state index is 0.484. The topological polar surface area (TPSA) is 51.8 Å². The van der Waals surface area contributed by atoms with E-state index in [1.165, 1.54) is 29.5 Å². The van der Waals surface area contributed by atoms with Crippen molar-refractivity contribution in [3.63, 3.8) is 0 Å². The zero-order valence-electron chi connectivity index (χ0n) is 21.2. The highest BCUT2D eigenvalue weighted by atomic mass is 16.5. The van der Waals surface area contributed by atoms with E-state index in [0.29, 0.717) is 12.6 Å². The quantitative estimate of drug-likeness (QED) is 0.358. The van der Waals surface area contributed by atoms with E-state index in [1.807, 2.05) is 18.2 Å². The molecule has 1 unspecified atom stereocenters. The van der Waals surface area contributed by atoms with Crippen LogP contribution >= 0.6 is 0 Å².